The number of aromatic hydroxyl groups is 1. The van der Waals surface area contributed by atoms with Crippen molar-refractivity contribution in [2.75, 3.05) is 0 Å². The van der Waals surface area contributed by atoms with Gasteiger partial charge in [0.25, 0.3) is 0 Å². The molecule has 24 heavy (non-hydrogen) atoms. The summed E-state index contributed by atoms with van der Waals surface area (Å²) >= 11 is 0. The van der Waals surface area contributed by atoms with Crippen molar-refractivity contribution in [2.24, 2.45) is 0 Å². The summed E-state index contributed by atoms with van der Waals surface area (Å²) in [7, 11) is 0. The van der Waals surface area contributed by atoms with E-state index in [0.717, 1.165) is 16.7 Å². The summed E-state index contributed by atoms with van der Waals surface area (Å²) in [5, 5.41) is 9.96. The van der Waals surface area contributed by atoms with Gasteiger partial charge in [-0.25, -0.2) is 0 Å². The Labute approximate surface area is 141 Å². The molecule has 3 aromatic rings. The number of carbonyl (C=O) groups is 1. The molecule has 2 heteroatoms. The lowest BCUT2D eigenvalue weighted by molar-refractivity contribution is 0.104. The first-order valence-electron chi connectivity index (χ1n) is 7.86. The number of ketones is 1. The maximum atomic E-state index is 12.2. The van der Waals surface area contributed by atoms with Crippen LogP contribution in [0.4, 0.5) is 0 Å². The fourth-order valence-corrected chi connectivity index (χ4v) is 2.59. The van der Waals surface area contributed by atoms with Gasteiger partial charge in [-0.3, -0.25) is 4.79 Å². The maximum Gasteiger partial charge on any atom is 0.185 e. The zero-order chi connectivity index (χ0) is 16.8. The summed E-state index contributed by atoms with van der Waals surface area (Å²) in [6, 6.07) is 24.4. The van der Waals surface area contributed by atoms with Crippen molar-refractivity contribution in [3.8, 4) is 5.75 Å². The van der Waals surface area contributed by atoms with E-state index < -0.39 is 0 Å². The van der Waals surface area contributed by atoms with E-state index in [2.05, 4.69) is 0 Å². The second kappa shape index (κ2) is 7.42. The second-order valence-electron chi connectivity index (χ2n) is 5.57. The summed E-state index contributed by atoms with van der Waals surface area (Å²) in [5.41, 5.74) is 3.58. The minimum Gasteiger partial charge on any atom is -0.508 e. The Hall–Kier alpha value is -3.13. The van der Waals surface area contributed by atoms with Gasteiger partial charge < -0.3 is 5.11 Å². The lowest BCUT2D eigenvalue weighted by Gasteiger charge is -2.08. The predicted molar refractivity (Wildman–Crippen MR) is 97.2 cm³/mol. The van der Waals surface area contributed by atoms with Gasteiger partial charge in [-0.1, -0.05) is 78.9 Å². The minimum atomic E-state index is -0.0204. The lowest BCUT2D eigenvalue weighted by Crippen LogP contribution is -1.95. The Morgan fingerprint density at radius 3 is 2.17 bits per heavy atom. The van der Waals surface area contributed by atoms with Gasteiger partial charge in [0.1, 0.15) is 5.75 Å². The normalized spacial score (nSPS) is 10.8. The van der Waals surface area contributed by atoms with Crippen LogP contribution in [-0.4, -0.2) is 10.9 Å². The summed E-state index contributed by atoms with van der Waals surface area (Å²) in [4.78, 5) is 12.2. The van der Waals surface area contributed by atoms with Crippen molar-refractivity contribution in [3.05, 3.63) is 107 Å². The molecule has 3 rings (SSSR count). The van der Waals surface area contributed by atoms with Gasteiger partial charge in [0, 0.05) is 12.0 Å². The number of benzene rings is 3. The number of para-hydroxylation sites is 1. The monoisotopic (exact) mass is 314 g/mol. The largest absolute Gasteiger partial charge is 0.508 e. The van der Waals surface area contributed by atoms with Gasteiger partial charge in [-0.15, -0.1) is 0 Å². The van der Waals surface area contributed by atoms with Crippen molar-refractivity contribution in [1.82, 2.24) is 0 Å². The molecule has 2 nitrogen and oxygen atoms in total. The van der Waals surface area contributed by atoms with Gasteiger partial charge in [0.15, 0.2) is 5.78 Å². The fourth-order valence-electron chi connectivity index (χ4n) is 2.59. The number of phenols is 1. The molecule has 0 saturated carbocycles. The molecule has 0 radical (unpaired) electrons. The van der Waals surface area contributed by atoms with Crippen LogP contribution in [0.25, 0.3) is 6.08 Å². The zero-order valence-corrected chi connectivity index (χ0v) is 13.2. The highest BCUT2D eigenvalue weighted by Crippen LogP contribution is 2.22. The van der Waals surface area contributed by atoms with Crippen molar-refractivity contribution >= 4 is 11.9 Å². The summed E-state index contributed by atoms with van der Waals surface area (Å²) < 4.78 is 0. The summed E-state index contributed by atoms with van der Waals surface area (Å²) in [5.74, 6) is 0.268. The molecule has 0 bridgehead atoms. The number of hydrogen-bond acceptors (Lipinski definition) is 2. The third kappa shape index (κ3) is 3.79. The van der Waals surface area contributed by atoms with E-state index in [1.165, 1.54) is 0 Å². The third-order valence-corrected chi connectivity index (χ3v) is 3.90. The highest BCUT2D eigenvalue weighted by atomic mass is 16.3. The van der Waals surface area contributed by atoms with Gasteiger partial charge in [-0.05, 0) is 28.8 Å². The Balaban J connectivity index is 1.83. The molecule has 0 atom stereocenters. The van der Waals surface area contributed by atoms with Crippen LogP contribution in [0.15, 0.2) is 84.9 Å². The molecular formula is C22H18O2. The molecule has 118 valence electrons. The molecule has 3 aromatic carbocycles. The molecule has 0 aliphatic rings. The van der Waals surface area contributed by atoms with Gasteiger partial charge in [0.05, 0.1) is 0 Å². The Bertz CT molecular complexity index is 864. The third-order valence-electron chi connectivity index (χ3n) is 3.90. The topological polar surface area (TPSA) is 37.3 Å². The first kappa shape index (κ1) is 15.8. The molecule has 0 aliphatic carbocycles. The number of phenolic OH excluding ortho intramolecular Hbond substituents is 1. The Morgan fingerprint density at radius 2 is 1.42 bits per heavy atom. The lowest BCUT2D eigenvalue weighted by atomic mass is 9.98. The molecule has 1 N–H and O–H groups in total. The minimum absolute atomic E-state index is 0.0204. The smallest absolute Gasteiger partial charge is 0.185 e. The van der Waals surface area contributed by atoms with Crippen LogP contribution in [0.3, 0.4) is 0 Å². The van der Waals surface area contributed by atoms with Gasteiger partial charge >= 0.3 is 0 Å². The van der Waals surface area contributed by atoms with Crippen molar-refractivity contribution in [1.29, 1.82) is 0 Å². The predicted octanol–water partition coefficient (Wildman–Crippen LogP) is 4.88. The number of hydrogen-bond donors (Lipinski definition) is 1. The van der Waals surface area contributed by atoms with E-state index >= 15 is 0 Å². The summed E-state index contributed by atoms with van der Waals surface area (Å²) in [6.07, 6.45) is 4.05. The van der Waals surface area contributed by atoms with Crippen LogP contribution >= 0.6 is 0 Å². The van der Waals surface area contributed by atoms with Crippen LogP contribution in [0.5, 0.6) is 5.75 Å². The van der Waals surface area contributed by atoms with E-state index in [1.54, 1.807) is 24.3 Å². The van der Waals surface area contributed by atoms with Crippen molar-refractivity contribution in [2.45, 2.75) is 6.42 Å². The SMILES string of the molecule is O=C(C=Cc1ccccc1Cc1ccccc1O)c1ccccc1. The first-order chi connectivity index (χ1) is 11.7. The second-order valence-corrected chi connectivity index (χ2v) is 5.57. The van der Waals surface area contributed by atoms with Crippen LogP contribution in [0, 0.1) is 0 Å². The van der Waals surface area contributed by atoms with Crippen LogP contribution in [-0.2, 0) is 6.42 Å². The Morgan fingerprint density at radius 1 is 0.792 bits per heavy atom. The first-order valence-corrected chi connectivity index (χ1v) is 7.86. The maximum absolute atomic E-state index is 12.2. The van der Waals surface area contributed by atoms with Gasteiger partial charge in [-0.2, -0.15) is 0 Å². The molecule has 0 heterocycles. The van der Waals surface area contributed by atoms with E-state index in [0.29, 0.717) is 12.0 Å². The van der Waals surface area contributed by atoms with Crippen LogP contribution in [0.2, 0.25) is 0 Å². The average molecular weight is 314 g/mol. The fraction of sp³-hybridized carbons (Fsp3) is 0.0455. The molecule has 0 spiro atoms. The average Bonchev–Trinajstić information content (AvgIpc) is 2.63. The zero-order valence-electron chi connectivity index (χ0n) is 13.2. The number of rotatable bonds is 5. The molecule has 0 aliphatic heterocycles. The quantitative estimate of drug-likeness (QED) is 0.538. The van der Waals surface area contributed by atoms with Crippen molar-refractivity contribution < 1.29 is 9.90 Å². The van der Waals surface area contributed by atoms with E-state index in [9.17, 15) is 9.90 Å². The molecule has 0 saturated heterocycles. The standard InChI is InChI=1S/C22H18O2/c23-21-13-7-6-12-20(21)16-19-11-5-4-8-17(19)14-15-22(24)18-9-2-1-3-10-18/h1-15,23H,16H2. The molecule has 0 aromatic heterocycles. The van der Waals surface area contributed by atoms with Gasteiger partial charge in [0.2, 0.25) is 0 Å². The summed E-state index contributed by atoms with van der Waals surface area (Å²) in [6.45, 7) is 0. The highest BCUT2D eigenvalue weighted by Gasteiger charge is 2.05. The highest BCUT2D eigenvalue weighted by molar-refractivity contribution is 6.06. The van der Waals surface area contributed by atoms with Crippen LogP contribution in [0.1, 0.15) is 27.0 Å². The number of allylic oxidation sites excluding steroid dienone is 1. The van der Waals surface area contributed by atoms with E-state index in [4.69, 9.17) is 0 Å². The number of carbonyl (C=O) groups excluding carboxylic acids is 1. The van der Waals surface area contributed by atoms with E-state index in [1.807, 2.05) is 66.7 Å². The molecule has 0 amide bonds. The van der Waals surface area contributed by atoms with Crippen LogP contribution < -0.4 is 0 Å². The molecular weight excluding hydrogens is 296 g/mol. The van der Waals surface area contributed by atoms with Crippen molar-refractivity contribution in [3.63, 3.8) is 0 Å². The molecule has 0 unspecified atom stereocenters. The Kier molecular flexibility index (Phi) is 4.87. The van der Waals surface area contributed by atoms with E-state index in [-0.39, 0.29) is 11.5 Å². The molecule has 0 fully saturated rings.